The van der Waals surface area contributed by atoms with Gasteiger partial charge in [0.25, 0.3) is 0 Å². The van der Waals surface area contributed by atoms with Crippen LogP contribution in [0.2, 0.25) is 0 Å². The fourth-order valence-electron chi connectivity index (χ4n) is 2.11. The topological polar surface area (TPSA) is 42.1 Å². The highest BCUT2D eigenvalue weighted by atomic mass is 32.1. The van der Waals surface area contributed by atoms with Crippen molar-refractivity contribution in [3.05, 3.63) is 16.6 Å². The smallest absolute Gasteiger partial charge is 0.0795 e. The van der Waals surface area contributed by atoms with Crippen LogP contribution in [0.4, 0.5) is 0 Å². The predicted octanol–water partition coefficient (Wildman–Crippen LogP) is 2.73. The van der Waals surface area contributed by atoms with E-state index in [0.29, 0.717) is 0 Å². The summed E-state index contributed by atoms with van der Waals surface area (Å²) < 4.78 is 0. The fourth-order valence-corrected chi connectivity index (χ4v) is 2.66. The Kier molecular flexibility index (Phi) is 7.40. The average molecular weight is 255 g/mol. The molecule has 2 N–H and O–H groups in total. The third-order valence-electron chi connectivity index (χ3n) is 3.22. The second kappa shape index (κ2) is 8.61. The number of aromatic nitrogens is 1. The largest absolute Gasteiger partial charge is 0.330 e. The van der Waals surface area contributed by atoms with Crippen LogP contribution in [0, 0.1) is 5.92 Å². The van der Waals surface area contributed by atoms with Gasteiger partial charge in [-0.25, -0.2) is 4.98 Å². The minimum Gasteiger partial charge on any atom is -0.330 e. The molecule has 0 radical (unpaired) electrons. The van der Waals surface area contributed by atoms with Gasteiger partial charge in [-0.3, -0.25) is 0 Å². The van der Waals surface area contributed by atoms with Crippen molar-refractivity contribution in [3.63, 3.8) is 0 Å². The molecule has 3 nitrogen and oxygen atoms in total. The summed E-state index contributed by atoms with van der Waals surface area (Å²) in [7, 11) is 2.17. The summed E-state index contributed by atoms with van der Waals surface area (Å²) in [4.78, 5) is 6.66. The maximum absolute atomic E-state index is 5.61. The van der Waals surface area contributed by atoms with Gasteiger partial charge in [0.2, 0.25) is 0 Å². The van der Waals surface area contributed by atoms with Crippen molar-refractivity contribution < 1.29 is 0 Å². The molecule has 0 aliphatic carbocycles. The normalized spacial score (nSPS) is 13.2. The first-order chi connectivity index (χ1) is 8.26. The van der Waals surface area contributed by atoms with Crippen LogP contribution in [-0.2, 0) is 6.54 Å². The molecule has 0 bridgehead atoms. The fraction of sp³-hybridized carbons (Fsp3) is 0.769. The van der Waals surface area contributed by atoms with Crippen molar-refractivity contribution in [1.82, 2.24) is 9.88 Å². The zero-order valence-electron chi connectivity index (χ0n) is 11.1. The monoisotopic (exact) mass is 255 g/mol. The average Bonchev–Trinajstić information content (AvgIpc) is 2.80. The first-order valence-electron chi connectivity index (χ1n) is 6.52. The maximum Gasteiger partial charge on any atom is 0.0795 e. The molecule has 4 heteroatoms. The van der Waals surface area contributed by atoms with Gasteiger partial charge in [0, 0.05) is 11.9 Å². The van der Waals surface area contributed by atoms with Gasteiger partial charge in [-0.05, 0) is 45.3 Å². The molecule has 0 aliphatic heterocycles. The van der Waals surface area contributed by atoms with E-state index in [1.807, 2.05) is 5.51 Å². The summed E-state index contributed by atoms with van der Waals surface area (Å²) in [6.45, 7) is 5.21. The van der Waals surface area contributed by atoms with Crippen LogP contribution >= 0.6 is 11.3 Å². The Morgan fingerprint density at radius 3 is 2.88 bits per heavy atom. The Morgan fingerprint density at radius 2 is 2.29 bits per heavy atom. The lowest BCUT2D eigenvalue weighted by Gasteiger charge is -2.18. The highest BCUT2D eigenvalue weighted by molar-refractivity contribution is 7.07. The zero-order valence-corrected chi connectivity index (χ0v) is 11.9. The third kappa shape index (κ3) is 6.15. The highest BCUT2D eigenvalue weighted by Crippen LogP contribution is 2.15. The van der Waals surface area contributed by atoms with E-state index in [-0.39, 0.29) is 0 Å². The molecular weight excluding hydrogens is 230 g/mol. The van der Waals surface area contributed by atoms with Crippen molar-refractivity contribution in [2.45, 2.75) is 39.2 Å². The Bertz CT molecular complexity index is 274. The lowest BCUT2D eigenvalue weighted by molar-refractivity contribution is 0.298. The Morgan fingerprint density at radius 1 is 1.47 bits per heavy atom. The molecule has 0 aromatic carbocycles. The molecule has 0 saturated heterocycles. The van der Waals surface area contributed by atoms with Gasteiger partial charge < -0.3 is 10.6 Å². The SMILES string of the molecule is CCC(CCN)CCCN(C)Cc1cscn1. The van der Waals surface area contributed by atoms with Crippen LogP contribution in [-0.4, -0.2) is 30.0 Å². The summed E-state index contributed by atoms with van der Waals surface area (Å²) >= 11 is 1.67. The van der Waals surface area contributed by atoms with E-state index >= 15 is 0 Å². The number of nitrogens with zero attached hydrogens (tertiary/aromatic N) is 2. The summed E-state index contributed by atoms with van der Waals surface area (Å²) in [6.07, 6.45) is 4.99. The summed E-state index contributed by atoms with van der Waals surface area (Å²) in [6, 6.07) is 0. The van der Waals surface area contributed by atoms with Crippen molar-refractivity contribution >= 4 is 11.3 Å². The molecule has 1 rings (SSSR count). The van der Waals surface area contributed by atoms with Crippen LogP contribution < -0.4 is 5.73 Å². The van der Waals surface area contributed by atoms with E-state index in [4.69, 9.17) is 5.73 Å². The van der Waals surface area contributed by atoms with E-state index in [1.165, 1.54) is 31.4 Å². The predicted molar refractivity (Wildman–Crippen MR) is 75.1 cm³/mol. The number of rotatable bonds is 9. The first-order valence-corrected chi connectivity index (χ1v) is 7.46. The van der Waals surface area contributed by atoms with Gasteiger partial charge in [0.15, 0.2) is 0 Å². The number of hydrogen-bond donors (Lipinski definition) is 1. The van der Waals surface area contributed by atoms with E-state index in [1.54, 1.807) is 11.3 Å². The van der Waals surface area contributed by atoms with E-state index < -0.39 is 0 Å². The summed E-state index contributed by atoms with van der Waals surface area (Å²) in [5, 5.41) is 2.12. The number of thiazole rings is 1. The zero-order chi connectivity index (χ0) is 12.5. The number of nitrogens with two attached hydrogens (primary N) is 1. The van der Waals surface area contributed by atoms with Gasteiger partial charge >= 0.3 is 0 Å². The molecule has 0 fully saturated rings. The standard InChI is InChI=1S/C13H25N3S/c1-3-12(6-7-14)5-4-8-16(2)9-13-10-17-11-15-13/h10-12H,3-9,14H2,1-2H3. The van der Waals surface area contributed by atoms with Crippen LogP contribution in [0.25, 0.3) is 0 Å². The quantitative estimate of drug-likeness (QED) is 0.738. The molecule has 0 spiro atoms. The molecule has 98 valence electrons. The molecule has 1 heterocycles. The van der Waals surface area contributed by atoms with Crippen LogP contribution in [0.1, 0.15) is 38.3 Å². The van der Waals surface area contributed by atoms with Gasteiger partial charge in [-0.2, -0.15) is 0 Å². The van der Waals surface area contributed by atoms with Crippen LogP contribution in [0.5, 0.6) is 0 Å². The van der Waals surface area contributed by atoms with E-state index in [0.717, 1.165) is 25.6 Å². The molecule has 1 aromatic rings. The minimum atomic E-state index is 0.813. The molecule has 0 saturated carbocycles. The van der Waals surface area contributed by atoms with Crippen molar-refractivity contribution in [2.24, 2.45) is 11.7 Å². The summed E-state index contributed by atoms with van der Waals surface area (Å²) in [5.41, 5.74) is 8.70. The van der Waals surface area contributed by atoms with Gasteiger partial charge in [0.05, 0.1) is 11.2 Å². The van der Waals surface area contributed by atoms with Gasteiger partial charge in [-0.1, -0.05) is 13.3 Å². The van der Waals surface area contributed by atoms with Crippen LogP contribution in [0.3, 0.4) is 0 Å². The van der Waals surface area contributed by atoms with Crippen LogP contribution in [0.15, 0.2) is 10.9 Å². The first kappa shape index (κ1) is 14.6. The Balaban J connectivity index is 2.13. The molecule has 1 unspecified atom stereocenters. The molecule has 0 aliphatic rings. The van der Waals surface area contributed by atoms with Gasteiger partial charge in [-0.15, -0.1) is 11.3 Å². The lowest BCUT2D eigenvalue weighted by atomic mass is 9.97. The lowest BCUT2D eigenvalue weighted by Crippen LogP contribution is -2.20. The Labute approximate surface area is 109 Å². The molecule has 17 heavy (non-hydrogen) atoms. The molecule has 0 amide bonds. The highest BCUT2D eigenvalue weighted by Gasteiger charge is 2.06. The van der Waals surface area contributed by atoms with Crippen molar-refractivity contribution in [1.29, 1.82) is 0 Å². The van der Waals surface area contributed by atoms with E-state index in [9.17, 15) is 0 Å². The van der Waals surface area contributed by atoms with Crippen molar-refractivity contribution in [3.8, 4) is 0 Å². The molecular formula is C13H25N3S. The third-order valence-corrected chi connectivity index (χ3v) is 3.86. The maximum atomic E-state index is 5.61. The summed E-state index contributed by atoms with van der Waals surface area (Å²) in [5.74, 6) is 0.813. The Hall–Kier alpha value is -0.450. The molecule has 1 atom stereocenters. The number of hydrogen-bond acceptors (Lipinski definition) is 4. The second-order valence-electron chi connectivity index (χ2n) is 4.71. The minimum absolute atomic E-state index is 0.813. The molecule has 1 aromatic heterocycles. The van der Waals surface area contributed by atoms with E-state index in [2.05, 4.69) is 29.2 Å². The van der Waals surface area contributed by atoms with Gasteiger partial charge in [0.1, 0.15) is 0 Å². The second-order valence-corrected chi connectivity index (χ2v) is 5.43. The van der Waals surface area contributed by atoms with Crippen molar-refractivity contribution in [2.75, 3.05) is 20.1 Å².